The Labute approximate surface area is 194 Å². The molecule has 1 fully saturated rings. The van der Waals surface area contributed by atoms with E-state index in [4.69, 9.17) is 14.2 Å². The monoisotopic (exact) mass is 453 g/mol. The molecule has 0 aliphatic carbocycles. The molecule has 1 unspecified atom stereocenters. The van der Waals surface area contributed by atoms with Crippen LogP contribution in [0.3, 0.4) is 0 Å². The highest BCUT2D eigenvalue weighted by Gasteiger charge is 2.46. The molecule has 33 heavy (non-hydrogen) atoms. The summed E-state index contributed by atoms with van der Waals surface area (Å²) in [5.41, 5.74) is 1.92. The Kier molecular flexibility index (Phi) is 7.76. The van der Waals surface area contributed by atoms with Gasteiger partial charge in [0.2, 0.25) is 0 Å². The van der Waals surface area contributed by atoms with Gasteiger partial charge in [0.25, 0.3) is 11.7 Å². The number of Topliss-reactive ketones (excluding diaryl/α,β-unsaturated/α-hetero) is 1. The number of hydrogen-bond acceptors (Lipinski definition) is 6. The zero-order valence-corrected chi connectivity index (χ0v) is 19.8. The number of rotatable bonds is 9. The van der Waals surface area contributed by atoms with Crippen molar-refractivity contribution in [3.05, 3.63) is 64.7 Å². The van der Waals surface area contributed by atoms with E-state index >= 15 is 0 Å². The minimum Gasteiger partial charge on any atom is -0.507 e. The van der Waals surface area contributed by atoms with Crippen molar-refractivity contribution in [2.75, 3.05) is 27.4 Å². The first-order chi connectivity index (χ1) is 15.8. The fraction of sp³-hybridized carbons (Fsp3) is 0.385. The van der Waals surface area contributed by atoms with Crippen molar-refractivity contribution in [1.29, 1.82) is 0 Å². The molecule has 1 atom stereocenters. The van der Waals surface area contributed by atoms with Gasteiger partial charge in [-0.3, -0.25) is 9.59 Å². The van der Waals surface area contributed by atoms with Crippen LogP contribution in [0, 0.1) is 6.92 Å². The molecular weight excluding hydrogens is 422 g/mol. The van der Waals surface area contributed by atoms with E-state index in [9.17, 15) is 14.7 Å². The maximum absolute atomic E-state index is 13.2. The molecule has 1 aliphatic heterocycles. The standard InChI is InChI=1S/C26H31NO6/c1-16(2)33-14-8-13-27-23(19-9-6-7-10-21(19)32-5)22(25(29)26(27)30)24(28)18-11-12-20(31-4)17(3)15-18/h6-7,9-12,15-16,23,28H,8,13-14H2,1-5H3/b24-22+. The summed E-state index contributed by atoms with van der Waals surface area (Å²) in [4.78, 5) is 27.7. The number of hydrogen-bond donors (Lipinski definition) is 1. The molecule has 3 rings (SSSR count). The van der Waals surface area contributed by atoms with Crippen LogP contribution in [-0.2, 0) is 14.3 Å². The van der Waals surface area contributed by atoms with Crippen LogP contribution < -0.4 is 9.47 Å². The lowest BCUT2D eigenvalue weighted by atomic mass is 9.94. The minimum atomic E-state index is -0.775. The summed E-state index contributed by atoms with van der Waals surface area (Å²) in [6.45, 7) is 6.49. The second-order valence-electron chi connectivity index (χ2n) is 8.19. The maximum atomic E-state index is 13.2. The average molecular weight is 454 g/mol. The van der Waals surface area contributed by atoms with E-state index in [0.29, 0.717) is 42.2 Å². The summed E-state index contributed by atoms with van der Waals surface area (Å²) in [6.07, 6.45) is 0.627. The van der Waals surface area contributed by atoms with Crippen LogP contribution in [0.1, 0.15) is 43.0 Å². The van der Waals surface area contributed by atoms with Crippen molar-refractivity contribution >= 4 is 17.4 Å². The number of aliphatic hydroxyl groups is 1. The number of likely N-dealkylation sites (tertiary alicyclic amines) is 1. The van der Waals surface area contributed by atoms with Gasteiger partial charge < -0.3 is 24.2 Å². The topological polar surface area (TPSA) is 85.3 Å². The Bertz CT molecular complexity index is 1060. The molecule has 0 spiro atoms. The third-order valence-corrected chi connectivity index (χ3v) is 5.64. The first kappa shape index (κ1) is 24.3. The van der Waals surface area contributed by atoms with Gasteiger partial charge in [-0.05, 0) is 57.0 Å². The summed E-state index contributed by atoms with van der Waals surface area (Å²) in [5, 5.41) is 11.2. The van der Waals surface area contributed by atoms with Gasteiger partial charge in [0, 0.05) is 24.3 Å². The lowest BCUT2D eigenvalue weighted by molar-refractivity contribution is -0.140. The van der Waals surface area contributed by atoms with Crippen LogP contribution in [0.5, 0.6) is 11.5 Å². The third kappa shape index (κ3) is 5.03. The van der Waals surface area contributed by atoms with Gasteiger partial charge in [0.15, 0.2) is 0 Å². The highest BCUT2D eigenvalue weighted by atomic mass is 16.5. The normalized spacial score (nSPS) is 17.6. The Morgan fingerprint density at radius 3 is 2.39 bits per heavy atom. The highest BCUT2D eigenvalue weighted by molar-refractivity contribution is 6.46. The summed E-state index contributed by atoms with van der Waals surface area (Å²) < 4.78 is 16.4. The number of ketones is 1. The van der Waals surface area contributed by atoms with Crippen molar-refractivity contribution in [2.24, 2.45) is 0 Å². The van der Waals surface area contributed by atoms with E-state index in [2.05, 4.69) is 0 Å². The van der Waals surface area contributed by atoms with Gasteiger partial charge in [-0.1, -0.05) is 18.2 Å². The van der Waals surface area contributed by atoms with Crippen LogP contribution in [0.25, 0.3) is 5.76 Å². The van der Waals surface area contributed by atoms with E-state index in [1.807, 2.05) is 32.9 Å². The number of para-hydroxylation sites is 1. The number of carbonyl (C=O) groups is 2. The largest absolute Gasteiger partial charge is 0.507 e. The van der Waals surface area contributed by atoms with E-state index < -0.39 is 17.7 Å². The molecule has 1 heterocycles. The van der Waals surface area contributed by atoms with Gasteiger partial charge in [-0.2, -0.15) is 0 Å². The Hall–Kier alpha value is -3.32. The number of methoxy groups -OCH3 is 2. The quantitative estimate of drug-likeness (QED) is 0.264. The highest BCUT2D eigenvalue weighted by Crippen LogP contribution is 2.42. The molecule has 0 aromatic heterocycles. The summed E-state index contributed by atoms with van der Waals surface area (Å²) >= 11 is 0. The summed E-state index contributed by atoms with van der Waals surface area (Å²) in [7, 11) is 3.10. The molecule has 7 heteroatoms. The van der Waals surface area contributed by atoms with Crippen LogP contribution in [0.15, 0.2) is 48.0 Å². The maximum Gasteiger partial charge on any atom is 0.295 e. The van der Waals surface area contributed by atoms with Gasteiger partial charge >= 0.3 is 0 Å². The lowest BCUT2D eigenvalue weighted by Crippen LogP contribution is -2.31. The second-order valence-corrected chi connectivity index (χ2v) is 8.19. The number of aliphatic hydroxyl groups excluding tert-OH is 1. The number of benzene rings is 2. The Balaban J connectivity index is 2.10. The van der Waals surface area contributed by atoms with Crippen LogP contribution in [-0.4, -0.2) is 55.2 Å². The van der Waals surface area contributed by atoms with E-state index in [0.717, 1.165) is 5.56 Å². The molecule has 2 aromatic carbocycles. The molecular formula is C26H31NO6. The average Bonchev–Trinajstić information content (AvgIpc) is 3.05. The summed E-state index contributed by atoms with van der Waals surface area (Å²) in [5.74, 6) is -0.400. The van der Waals surface area contributed by atoms with Crippen molar-refractivity contribution in [1.82, 2.24) is 4.90 Å². The van der Waals surface area contributed by atoms with Crippen LogP contribution in [0.4, 0.5) is 0 Å². The van der Waals surface area contributed by atoms with Crippen molar-refractivity contribution in [2.45, 2.75) is 39.3 Å². The molecule has 1 aliphatic rings. The number of ether oxygens (including phenoxy) is 3. The van der Waals surface area contributed by atoms with Crippen LogP contribution in [0.2, 0.25) is 0 Å². The Morgan fingerprint density at radius 2 is 1.76 bits per heavy atom. The van der Waals surface area contributed by atoms with E-state index in [1.165, 1.54) is 12.0 Å². The zero-order chi connectivity index (χ0) is 24.1. The van der Waals surface area contributed by atoms with Gasteiger partial charge in [0.05, 0.1) is 31.9 Å². The minimum absolute atomic E-state index is 0.0406. The fourth-order valence-electron chi connectivity index (χ4n) is 4.06. The molecule has 2 aromatic rings. The van der Waals surface area contributed by atoms with Gasteiger partial charge in [-0.15, -0.1) is 0 Å². The van der Waals surface area contributed by atoms with Gasteiger partial charge in [0.1, 0.15) is 17.3 Å². The van der Waals surface area contributed by atoms with E-state index in [1.54, 1.807) is 37.4 Å². The molecule has 0 saturated carbocycles. The predicted octanol–water partition coefficient (Wildman–Crippen LogP) is 4.25. The number of nitrogens with zero attached hydrogens (tertiary/aromatic N) is 1. The SMILES string of the molecule is COc1ccc(/C(O)=C2\C(=O)C(=O)N(CCCOC(C)C)C2c2ccccc2OC)cc1C. The lowest BCUT2D eigenvalue weighted by Gasteiger charge is -2.26. The smallest absolute Gasteiger partial charge is 0.295 e. The van der Waals surface area contributed by atoms with E-state index in [-0.39, 0.29) is 17.4 Å². The molecule has 176 valence electrons. The predicted molar refractivity (Wildman–Crippen MR) is 125 cm³/mol. The third-order valence-electron chi connectivity index (χ3n) is 5.64. The molecule has 1 N–H and O–H groups in total. The molecule has 0 bridgehead atoms. The van der Waals surface area contributed by atoms with Crippen LogP contribution >= 0.6 is 0 Å². The van der Waals surface area contributed by atoms with Crippen molar-refractivity contribution in [3.63, 3.8) is 0 Å². The number of amides is 1. The Morgan fingerprint density at radius 1 is 1.06 bits per heavy atom. The first-order valence-corrected chi connectivity index (χ1v) is 11.0. The zero-order valence-electron chi connectivity index (χ0n) is 19.8. The molecule has 1 saturated heterocycles. The van der Waals surface area contributed by atoms with Crippen molar-refractivity contribution < 1.29 is 28.9 Å². The number of carbonyl (C=O) groups excluding carboxylic acids is 2. The fourth-order valence-corrected chi connectivity index (χ4v) is 4.06. The molecule has 1 amide bonds. The first-order valence-electron chi connectivity index (χ1n) is 11.0. The van der Waals surface area contributed by atoms with Crippen molar-refractivity contribution in [3.8, 4) is 11.5 Å². The molecule has 0 radical (unpaired) electrons. The summed E-state index contributed by atoms with van der Waals surface area (Å²) in [6, 6.07) is 11.6. The second kappa shape index (κ2) is 10.5. The van der Waals surface area contributed by atoms with Gasteiger partial charge in [-0.25, -0.2) is 0 Å². The number of aryl methyl sites for hydroxylation is 1. The molecule has 7 nitrogen and oxygen atoms in total.